The fourth-order valence-corrected chi connectivity index (χ4v) is 4.76. The number of anilines is 2. The summed E-state index contributed by atoms with van der Waals surface area (Å²) in [5, 5.41) is 7.29. The van der Waals surface area contributed by atoms with Crippen molar-refractivity contribution >= 4 is 17.2 Å². The van der Waals surface area contributed by atoms with Crippen molar-refractivity contribution in [1.82, 2.24) is 0 Å². The highest BCUT2D eigenvalue weighted by molar-refractivity contribution is 6.01. The van der Waals surface area contributed by atoms with E-state index >= 15 is 0 Å². The number of para-hydroxylation sites is 2. The van der Waals surface area contributed by atoms with E-state index < -0.39 is 0 Å². The van der Waals surface area contributed by atoms with Gasteiger partial charge in [-0.15, -0.1) is 0 Å². The molecule has 31 heavy (non-hydrogen) atoms. The van der Waals surface area contributed by atoms with Gasteiger partial charge < -0.3 is 10.6 Å². The van der Waals surface area contributed by atoms with Gasteiger partial charge >= 0.3 is 0 Å². The van der Waals surface area contributed by atoms with E-state index in [1.807, 2.05) is 12.1 Å². The molecule has 0 radical (unpaired) electrons. The molecule has 2 aliphatic rings. The third kappa shape index (κ3) is 3.76. The fourth-order valence-electron chi connectivity index (χ4n) is 4.76. The second-order valence-corrected chi connectivity index (χ2v) is 8.67. The van der Waals surface area contributed by atoms with Crippen LogP contribution in [0.3, 0.4) is 0 Å². The van der Waals surface area contributed by atoms with Gasteiger partial charge in [-0.1, -0.05) is 73.2 Å². The molecule has 1 aliphatic carbocycles. The lowest BCUT2D eigenvalue weighted by atomic mass is 9.78. The van der Waals surface area contributed by atoms with Gasteiger partial charge in [0.1, 0.15) is 0 Å². The molecule has 3 heteroatoms. The van der Waals surface area contributed by atoms with Gasteiger partial charge in [0.05, 0.1) is 17.4 Å². The monoisotopic (exact) mass is 408 g/mol. The first-order valence-corrected chi connectivity index (χ1v) is 11.2. The van der Waals surface area contributed by atoms with Crippen molar-refractivity contribution in [3.63, 3.8) is 0 Å². The Kier molecular flexibility index (Phi) is 5.11. The Morgan fingerprint density at radius 2 is 1.52 bits per heavy atom. The number of fused-ring (bicyclic) bond motifs is 1. The number of rotatable bonds is 3. The third-order valence-electron chi connectivity index (χ3n) is 6.58. The summed E-state index contributed by atoms with van der Waals surface area (Å²) in [6, 6.07) is 25.4. The van der Waals surface area contributed by atoms with Crippen LogP contribution in [-0.4, -0.2) is 5.78 Å². The molecule has 1 heterocycles. The number of aryl methyl sites for hydroxylation is 2. The Balaban J connectivity index is 1.58. The molecule has 3 nitrogen and oxygen atoms in total. The van der Waals surface area contributed by atoms with Crippen molar-refractivity contribution in [2.24, 2.45) is 0 Å². The first-order chi connectivity index (χ1) is 15.1. The summed E-state index contributed by atoms with van der Waals surface area (Å²) in [6.45, 7) is 4.26. The summed E-state index contributed by atoms with van der Waals surface area (Å²) in [5.74, 6) is 0.428. The van der Waals surface area contributed by atoms with Gasteiger partial charge in [0.15, 0.2) is 5.78 Å². The number of ketones is 1. The van der Waals surface area contributed by atoms with E-state index in [9.17, 15) is 4.79 Å². The predicted octanol–water partition coefficient (Wildman–Crippen LogP) is 6.54. The lowest BCUT2D eigenvalue weighted by Crippen LogP contribution is -2.26. The smallest absolute Gasteiger partial charge is 0.163 e. The highest BCUT2D eigenvalue weighted by atomic mass is 16.1. The molecule has 2 atom stereocenters. The van der Waals surface area contributed by atoms with Crippen LogP contribution in [0, 0.1) is 6.92 Å². The minimum absolute atomic E-state index is 0.150. The number of allylic oxidation sites excluding steroid dienone is 1. The van der Waals surface area contributed by atoms with Gasteiger partial charge in [0, 0.05) is 17.7 Å². The van der Waals surface area contributed by atoms with Crippen LogP contribution in [0.4, 0.5) is 11.4 Å². The van der Waals surface area contributed by atoms with E-state index in [-0.39, 0.29) is 17.7 Å². The molecule has 0 saturated carbocycles. The summed E-state index contributed by atoms with van der Waals surface area (Å²) >= 11 is 0. The van der Waals surface area contributed by atoms with E-state index in [1.54, 1.807) is 0 Å². The third-order valence-corrected chi connectivity index (χ3v) is 6.58. The average molecular weight is 409 g/mol. The Bertz CT molecular complexity index is 1140. The molecule has 2 unspecified atom stereocenters. The van der Waals surface area contributed by atoms with Crippen LogP contribution in [0.25, 0.3) is 0 Å². The highest BCUT2D eigenvalue weighted by Gasteiger charge is 2.35. The summed E-state index contributed by atoms with van der Waals surface area (Å²) in [6.07, 6.45) is 2.39. The number of carbonyl (C=O) groups is 1. The molecule has 3 aromatic rings. The normalized spacial score (nSPS) is 20.3. The molecule has 5 rings (SSSR count). The fraction of sp³-hybridized carbons (Fsp3) is 0.250. The van der Waals surface area contributed by atoms with E-state index in [0.29, 0.717) is 6.42 Å². The molecule has 1 aliphatic heterocycles. The van der Waals surface area contributed by atoms with E-state index in [1.165, 1.54) is 16.7 Å². The molecule has 2 N–H and O–H groups in total. The zero-order valence-corrected chi connectivity index (χ0v) is 18.1. The van der Waals surface area contributed by atoms with E-state index in [2.05, 4.69) is 85.1 Å². The van der Waals surface area contributed by atoms with Crippen molar-refractivity contribution < 1.29 is 4.79 Å². The van der Waals surface area contributed by atoms with Crippen LogP contribution >= 0.6 is 0 Å². The first kappa shape index (κ1) is 19.6. The summed E-state index contributed by atoms with van der Waals surface area (Å²) in [7, 11) is 0. The molecular weight excluding hydrogens is 380 g/mol. The SMILES string of the molecule is CCc1ccc(C2Nc3ccccc3NC3=C2C(=O)CC(c2ccc(C)cc2)C3)cc1. The van der Waals surface area contributed by atoms with Gasteiger partial charge in [0.2, 0.25) is 0 Å². The number of hydrogen-bond donors (Lipinski definition) is 2. The van der Waals surface area contributed by atoms with Gasteiger partial charge in [-0.3, -0.25) is 4.79 Å². The topological polar surface area (TPSA) is 41.1 Å². The average Bonchev–Trinajstić information content (AvgIpc) is 2.96. The van der Waals surface area contributed by atoms with Crippen LogP contribution < -0.4 is 10.6 Å². The lowest BCUT2D eigenvalue weighted by Gasteiger charge is -2.30. The molecule has 0 amide bonds. The maximum atomic E-state index is 13.6. The Morgan fingerprint density at radius 1 is 0.839 bits per heavy atom. The maximum absolute atomic E-state index is 13.6. The summed E-state index contributed by atoms with van der Waals surface area (Å²) in [4.78, 5) is 13.6. The minimum atomic E-state index is -0.150. The molecule has 0 bridgehead atoms. The van der Waals surface area contributed by atoms with E-state index in [4.69, 9.17) is 0 Å². The number of nitrogens with one attached hydrogen (secondary N) is 2. The molecule has 3 aromatic carbocycles. The van der Waals surface area contributed by atoms with Crippen LogP contribution in [0.5, 0.6) is 0 Å². The Labute approximate surface area is 184 Å². The molecule has 0 fully saturated rings. The van der Waals surface area contributed by atoms with Crippen molar-refractivity contribution in [3.8, 4) is 0 Å². The van der Waals surface area contributed by atoms with Gasteiger partial charge in [-0.05, 0) is 54.5 Å². The molecule has 0 spiro atoms. The molecular formula is C28H28N2O. The second kappa shape index (κ2) is 8.07. The van der Waals surface area contributed by atoms with Crippen molar-refractivity contribution in [1.29, 1.82) is 0 Å². The van der Waals surface area contributed by atoms with Crippen molar-refractivity contribution in [2.75, 3.05) is 10.6 Å². The van der Waals surface area contributed by atoms with Crippen molar-refractivity contribution in [3.05, 3.63) is 106 Å². The first-order valence-electron chi connectivity index (χ1n) is 11.2. The zero-order chi connectivity index (χ0) is 21.4. The standard InChI is InChI=1S/C28H28N2O/c1-3-19-10-14-21(15-11-19)28-27-25(29-23-6-4-5-7-24(23)30-28)16-22(17-26(27)31)20-12-8-18(2)9-13-20/h4-15,22,28-30H,3,16-17H2,1-2H3. The van der Waals surface area contributed by atoms with Crippen LogP contribution in [0.1, 0.15) is 54.0 Å². The molecule has 0 aromatic heterocycles. The van der Waals surface area contributed by atoms with Crippen LogP contribution in [0.15, 0.2) is 84.1 Å². The lowest BCUT2D eigenvalue weighted by molar-refractivity contribution is -0.116. The number of benzene rings is 3. The van der Waals surface area contributed by atoms with Gasteiger partial charge in [-0.25, -0.2) is 0 Å². The Hall–Kier alpha value is -3.33. The van der Waals surface area contributed by atoms with Gasteiger partial charge in [-0.2, -0.15) is 0 Å². The minimum Gasteiger partial charge on any atom is -0.372 e. The quantitative estimate of drug-likeness (QED) is 0.517. The van der Waals surface area contributed by atoms with Crippen LogP contribution in [-0.2, 0) is 11.2 Å². The maximum Gasteiger partial charge on any atom is 0.163 e. The second-order valence-electron chi connectivity index (χ2n) is 8.67. The van der Waals surface area contributed by atoms with Gasteiger partial charge in [0.25, 0.3) is 0 Å². The molecule has 156 valence electrons. The van der Waals surface area contributed by atoms with Crippen LogP contribution in [0.2, 0.25) is 0 Å². The van der Waals surface area contributed by atoms with E-state index in [0.717, 1.165) is 41.1 Å². The Morgan fingerprint density at radius 3 is 2.23 bits per heavy atom. The van der Waals surface area contributed by atoms with Crippen molar-refractivity contribution in [2.45, 2.75) is 45.1 Å². The predicted molar refractivity (Wildman–Crippen MR) is 127 cm³/mol. The summed E-state index contributed by atoms with van der Waals surface area (Å²) in [5.41, 5.74) is 8.90. The summed E-state index contributed by atoms with van der Waals surface area (Å²) < 4.78 is 0. The highest BCUT2D eigenvalue weighted by Crippen LogP contribution is 2.44. The molecule has 0 saturated heterocycles. The largest absolute Gasteiger partial charge is 0.372 e. The number of hydrogen-bond acceptors (Lipinski definition) is 3. The number of carbonyl (C=O) groups excluding carboxylic acids is 1. The number of Topliss-reactive ketones (excluding diaryl/α,β-unsaturated/α-hetero) is 1. The zero-order valence-electron chi connectivity index (χ0n) is 18.1.